The number of hydrogen-bond donors (Lipinski definition) is 3. The van der Waals surface area contributed by atoms with Gasteiger partial charge in [0, 0.05) is 12.1 Å². The van der Waals surface area contributed by atoms with Crippen molar-refractivity contribution in [3.8, 4) is 16.9 Å². The van der Waals surface area contributed by atoms with E-state index in [0.29, 0.717) is 18.4 Å². The molecule has 1 heterocycles. The van der Waals surface area contributed by atoms with Crippen molar-refractivity contribution in [1.29, 1.82) is 0 Å². The summed E-state index contributed by atoms with van der Waals surface area (Å²) in [6.07, 6.45) is 2.26. The Morgan fingerprint density at radius 3 is 2.73 bits per heavy atom. The fourth-order valence-electron chi connectivity index (χ4n) is 3.28. The van der Waals surface area contributed by atoms with E-state index in [-0.39, 0.29) is 12.5 Å². The minimum atomic E-state index is -0.830. The zero-order chi connectivity index (χ0) is 18.4. The SMILES string of the molecule is COc1cccc(-c2cccc(C(=O)NCC3(O)CCCNCC3)c2)c1. The standard InChI is InChI=1S/C21H26N2O3/c1-26-19-8-3-6-17(14-19)16-5-2-7-18(13-16)20(24)23-15-21(25)9-4-11-22-12-10-21/h2-3,5-8,13-14,22,25H,4,9-12,15H2,1H3,(H,23,24). The molecule has 0 aliphatic carbocycles. The van der Waals surface area contributed by atoms with Gasteiger partial charge in [-0.05, 0) is 67.7 Å². The van der Waals surface area contributed by atoms with Crippen molar-refractivity contribution < 1.29 is 14.6 Å². The Bertz CT molecular complexity index is 752. The lowest BCUT2D eigenvalue weighted by Gasteiger charge is -2.26. The van der Waals surface area contributed by atoms with Gasteiger partial charge in [-0.25, -0.2) is 0 Å². The number of ether oxygens (including phenoxy) is 1. The van der Waals surface area contributed by atoms with Crippen LogP contribution in [0.5, 0.6) is 5.75 Å². The summed E-state index contributed by atoms with van der Waals surface area (Å²) in [6.45, 7) is 1.97. The van der Waals surface area contributed by atoms with E-state index in [0.717, 1.165) is 36.4 Å². The molecule has 26 heavy (non-hydrogen) atoms. The molecule has 1 amide bonds. The summed E-state index contributed by atoms with van der Waals surface area (Å²) in [5.74, 6) is 0.613. The van der Waals surface area contributed by atoms with Gasteiger partial charge in [0.05, 0.1) is 12.7 Å². The maximum atomic E-state index is 12.6. The van der Waals surface area contributed by atoms with Crippen LogP contribution in [0, 0.1) is 0 Å². The van der Waals surface area contributed by atoms with E-state index in [9.17, 15) is 9.90 Å². The summed E-state index contributed by atoms with van der Waals surface area (Å²) in [4.78, 5) is 12.6. The molecule has 0 bridgehead atoms. The van der Waals surface area contributed by atoms with Crippen LogP contribution in [0.15, 0.2) is 48.5 Å². The van der Waals surface area contributed by atoms with Crippen molar-refractivity contribution in [3.05, 3.63) is 54.1 Å². The normalized spacial score (nSPS) is 20.2. The van der Waals surface area contributed by atoms with Gasteiger partial charge in [-0.3, -0.25) is 4.79 Å². The number of carbonyl (C=O) groups is 1. The van der Waals surface area contributed by atoms with E-state index in [4.69, 9.17) is 4.74 Å². The smallest absolute Gasteiger partial charge is 0.251 e. The minimum Gasteiger partial charge on any atom is -0.497 e. The van der Waals surface area contributed by atoms with Crippen molar-refractivity contribution in [2.45, 2.75) is 24.9 Å². The molecule has 1 atom stereocenters. The molecule has 138 valence electrons. The van der Waals surface area contributed by atoms with Crippen molar-refractivity contribution in [3.63, 3.8) is 0 Å². The molecule has 2 aromatic rings. The largest absolute Gasteiger partial charge is 0.497 e. The van der Waals surface area contributed by atoms with Gasteiger partial charge in [0.25, 0.3) is 5.91 Å². The number of aliphatic hydroxyl groups is 1. The first kappa shape index (κ1) is 18.4. The molecule has 5 nitrogen and oxygen atoms in total. The fourth-order valence-corrected chi connectivity index (χ4v) is 3.28. The molecule has 3 N–H and O–H groups in total. The maximum absolute atomic E-state index is 12.6. The third kappa shape index (κ3) is 4.62. The molecule has 1 aliphatic heterocycles. The highest BCUT2D eigenvalue weighted by Gasteiger charge is 2.28. The van der Waals surface area contributed by atoms with Crippen LogP contribution in [0.4, 0.5) is 0 Å². The van der Waals surface area contributed by atoms with Crippen molar-refractivity contribution in [1.82, 2.24) is 10.6 Å². The third-order valence-electron chi connectivity index (χ3n) is 4.87. The summed E-state index contributed by atoms with van der Waals surface area (Å²) in [5, 5.41) is 16.8. The first-order chi connectivity index (χ1) is 12.6. The third-order valence-corrected chi connectivity index (χ3v) is 4.87. The van der Waals surface area contributed by atoms with Crippen molar-refractivity contribution in [2.75, 3.05) is 26.7 Å². The highest BCUT2D eigenvalue weighted by atomic mass is 16.5. The van der Waals surface area contributed by atoms with Crippen LogP contribution in [-0.4, -0.2) is 43.4 Å². The van der Waals surface area contributed by atoms with Crippen molar-refractivity contribution in [2.24, 2.45) is 0 Å². The Balaban J connectivity index is 1.70. The Morgan fingerprint density at radius 2 is 1.92 bits per heavy atom. The van der Waals surface area contributed by atoms with Crippen molar-refractivity contribution >= 4 is 5.91 Å². The molecule has 0 spiro atoms. The summed E-state index contributed by atoms with van der Waals surface area (Å²) in [7, 11) is 1.64. The van der Waals surface area contributed by atoms with Gasteiger partial charge in [0.2, 0.25) is 0 Å². The molecular weight excluding hydrogens is 328 g/mol. The monoisotopic (exact) mass is 354 g/mol. The fraction of sp³-hybridized carbons (Fsp3) is 0.381. The summed E-state index contributed by atoms with van der Waals surface area (Å²) in [5.41, 5.74) is 1.70. The zero-order valence-electron chi connectivity index (χ0n) is 15.1. The second kappa shape index (κ2) is 8.34. The molecule has 0 saturated carbocycles. The van der Waals surface area contributed by atoms with Crippen LogP contribution >= 0.6 is 0 Å². The molecule has 2 aromatic carbocycles. The van der Waals surface area contributed by atoms with Gasteiger partial charge in [0.15, 0.2) is 0 Å². The number of rotatable bonds is 5. The second-order valence-electron chi connectivity index (χ2n) is 6.82. The van der Waals surface area contributed by atoms with Gasteiger partial charge in [0.1, 0.15) is 5.75 Å². The lowest BCUT2D eigenvalue weighted by Crippen LogP contribution is -2.43. The van der Waals surface area contributed by atoms with Crippen LogP contribution in [0.1, 0.15) is 29.6 Å². The van der Waals surface area contributed by atoms with Crippen LogP contribution in [0.3, 0.4) is 0 Å². The Hall–Kier alpha value is -2.37. The highest BCUT2D eigenvalue weighted by Crippen LogP contribution is 2.25. The lowest BCUT2D eigenvalue weighted by molar-refractivity contribution is 0.0276. The first-order valence-electron chi connectivity index (χ1n) is 9.05. The summed E-state index contributed by atoms with van der Waals surface area (Å²) >= 11 is 0. The van der Waals surface area contributed by atoms with E-state index in [2.05, 4.69) is 10.6 Å². The van der Waals surface area contributed by atoms with Crippen LogP contribution in [-0.2, 0) is 0 Å². The number of benzene rings is 2. The van der Waals surface area contributed by atoms with Crippen LogP contribution < -0.4 is 15.4 Å². The zero-order valence-corrected chi connectivity index (χ0v) is 15.1. The average molecular weight is 354 g/mol. The van der Waals surface area contributed by atoms with Crippen LogP contribution in [0.2, 0.25) is 0 Å². The molecule has 5 heteroatoms. The summed E-state index contributed by atoms with van der Waals surface area (Å²) in [6, 6.07) is 15.2. The minimum absolute atomic E-state index is 0.166. The predicted octanol–water partition coefficient (Wildman–Crippen LogP) is 2.60. The molecular formula is C21H26N2O3. The Kier molecular flexibility index (Phi) is 5.91. The molecule has 0 radical (unpaired) electrons. The highest BCUT2D eigenvalue weighted by molar-refractivity contribution is 5.95. The molecule has 3 rings (SSSR count). The van der Waals surface area contributed by atoms with Gasteiger partial charge >= 0.3 is 0 Å². The quantitative estimate of drug-likeness (QED) is 0.772. The molecule has 1 saturated heterocycles. The van der Waals surface area contributed by atoms with Crippen LogP contribution in [0.25, 0.3) is 11.1 Å². The molecule has 0 aromatic heterocycles. The lowest BCUT2D eigenvalue weighted by atomic mass is 9.94. The van der Waals surface area contributed by atoms with E-state index in [1.807, 2.05) is 42.5 Å². The predicted molar refractivity (Wildman–Crippen MR) is 102 cm³/mol. The summed E-state index contributed by atoms with van der Waals surface area (Å²) < 4.78 is 5.27. The number of amides is 1. The van der Waals surface area contributed by atoms with E-state index < -0.39 is 5.60 Å². The van der Waals surface area contributed by atoms with Gasteiger partial charge in [-0.1, -0.05) is 24.3 Å². The second-order valence-corrected chi connectivity index (χ2v) is 6.82. The number of methoxy groups -OCH3 is 1. The van der Waals surface area contributed by atoms with Gasteiger partial charge in [-0.2, -0.15) is 0 Å². The van der Waals surface area contributed by atoms with E-state index in [1.165, 1.54) is 0 Å². The first-order valence-corrected chi connectivity index (χ1v) is 9.05. The van der Waals surface area contributed by atoms with Gasteiger partial charge < -0.3 is 20.5 Å². The topological polar surface area (TPSA) is 70.6 Å². The maximum Gasteiger partial charge on any atom is 0.251 e. The number of hydrogen-bond acceptors (Lipinski definition) is 4. The van der Waals surface area contributed by atoms with E-state index in [1.54, 1.807) is 13.2 Å². The molecule has 1 fully saturated rings. The van der Waals surface area contributed by atoms with Gasteiger partial charge in [-0.15, -0.1) is 0 Å². The number of nitrogens with one attached hydrogen (secondary N) is 2. The number of carbonyl (C=O) groups excluding carboxylic acids is 1. The Labute approximate surface area is 154 Å². The molecule has 1 aliphatic rings. The average Bonchev–Trinajstić information content (AvgIpc) is 2.91. The molecule has 1 unspecified atom stereocenters. The van der Waals surface area contributed by atoms with E-state index >= 15 is 0 Å². The Morgan fingerprint density at radius 1 is 1.15 bits per heavy atom.